The van der Waals surface area contributed by atoms with Crippen molar-refractivity contribution in [1.82, 2.24) is 4.98 Å². The Labute approximate surface area is 131 Å². The summed E-state index contributed by atoms with van der Waals surface area (Å²) in [7, 11) is 0. The molecule has 3 rings (SSSR count). The summed E-state index contributed by atoms with van der Waals surface area (Å²) in [5.74, 6) is 0. The molecule has 1 saturated carbocycles. The second kappa shape index (κ2) is 6.15. The molecular weight excluding hydrogens is 300 g/mol. The highest BCUT2D eigenvalue weighted by atomic mass is 16.6. The molecule has 8 nitrogen and oxygen atoms in total. The van der Waals surface area contributed by atoms with E-state index >= 15 is 0 Å². The second-order valence-electron chi connectivity index (χ2n) is 5.68. The second-order valence-corrected chi connectivity index (χ2v) is 5.68. The standard InChI is InChI=1S/C15H16N4O4/c20-18(21)12-9-13(19(22)23)15(14-11(12)7-4-8-16-14)17-10-5-2-1-3-6-10/h4,7-10,17H,1-3,5-6H2. The van der Waals surface area contributed by atoms with Gasteiger partial charge in [0.2, 0.25) is 0 Å². The highest BCUT2D eigenvalue weighted by Crippen LogP contribution is 2.39. The summed E-state index contributed by atoms with van der Waals surface area (Å²) in [6, 6.07) is 4.31. The number of nitrogens with one attached hydrogen (secondary N) is 1. The quantitative estimate of drug-likeness (QED) is 0.678. The number of benzene rings is 1. The fourth-order valence-corrected chi connectivity index (χ4v) is 3.10. The minimum atomic E-state index is -0.610. The maximum Gasteiger partial charge on any atom is 0.301 e. The normalized spacial score (nSPS) is 15.5. The van der Waals surface area contributed by atoms with Crippen LogP contribution in [0, 0.1) is 20.2 Å². The van der Waals surface area contributed by atoms with Crippen molar-refractivity contribution in [3.8, 4) is 0 Å². The number of pyridine rings is 1. The molecule has 0 bridgehead atoms. The minimum Gasteiger partial charge on any atom is -0.375 e. The van der Waals surface area contributed by atoms with Crippen LogP contribution in [0.2, 0.25) is 0 Å². The van der Waals surface area contributed by atoms with E-state index in [4.69, 9.17) is 0 Å². The van der Waals surface area contributed by atoms with Crippen LogP contribution in [0.4, 0.5) is 17.1 Å². The molecule has 1 heterocycles. The molecule has 0 unspecified atom stereocenters. The molecule has 0 saturated heterocycles. The van der Waals surface area contributed by atoms with Gasteiger partial charge in [0.15, 0.2) is 0 Å². The zero-order chi connectivity index (χ0) is 16.4. The Morgan fingerprint density at radius 3 is 2.43 bits per heavy atom. The van der Waals surface area contributed by atoms with Crippen LogP contribution in [0.15, 0.2) is 24.4 Å². The van der Waals surface area contributed by atoms with Crippen molar-refractivity contribution in [3.63, 3.8) is 0 Å². The summed E-state index contributed by atoms with van der Waals surface area (Å²) < 4.78 is 0. The zero-order valence-corrected chi connectivity index (χ0v) is 12.4. The van der Waals surface area contributed by atoms with Crippen molar-refractivity contribution in [2.45, 2.75) is 38.1 Å². The van der Waals surface area contributed by atoms with E-state index in [1.807, 2.05) is 0 Å². The van der Waals surface area contributed by atoms with Crippen LogP contribution in [0.5, 0.6) is 0 Å². The highest BCUT2D eigenvalue weighted by Gasteiger charge is 2.28. The zero-order valence-electron chi connectivity index (χ0n) is 12.4. The number of rotatable bonds is 4. The van der Waals surface area contributed by atoms with Crippen LogP contribution in [-0.4, -0.2) is 20.9 Å². The lowest BCUT2D eigenvalue weighted by atomic mass is 9.95. The van der Waals surface area contributed by atoms with Gasteiger partial charge in [0.25, 0.3) is 5.69 Å². The van der Waals surface area contributed by atoms with Gasteiger partial charge in [-0.05, 0) is 25.0 Å². The monoisotopic (exact) mass is 316 g/mol. The van der Waals surface area contributed by atoms with E-state index in [0.717, 1.165) is 31.7 Å². The van der Waals surface area contributed by atoms with Crippen molar-refractivity contribution in [2.24, 2.45) is 0 Å². The highest BCUT2D eigenvalue weighted by molar-refractivity contribution is 6.01. The molecule has 1 aromatic carbocycles. The van der Waals surface area contributed by atoms with Gasteiger partial charge in [-0.3, -0.25) is 25.2 Å². The molecule has 1 N–H and O–H groups in total. The van der Waals surface area contributed by atoms with E-state index in [2.05, 4.69) is 10.3 Å². The molecule has 1 aromatic heterocycles. The molecule has 0 radical (unpaired) electrons. The van der Waals surface area contributed by atoms with Crippen molar-refractivity contribution in [1.29, 1.82) is 0 Å². The Balaban J connectivity index is 2.17. The van der Waals surface area contributed by atoms with Crippen LogP contribution in [0.25, 0.3) is 10.9 Å². The smallest absolute Gasteiger partial charge is 0.301 e. The van der Waals surface area contributed by atoms with Gasteiger partial charge in [-0.1, -0.05) is 19.3 Å². The summed E-state index contributed by atoms with van der Waals surface area (Å²) in [5, 5.41) is 26.1. The lowest BCUT2D eigenvalue weighted by Crippen LogP contribution is -2.23. The van der Waals surface area contributed by atoms with Crippen LogP contribution >= 0.6 is 0 Å². The number of non-ortho nitro benzene ring substituents is 1. The lowest BCUT2D eigenvalue weighted by Gasteiger charge is -2.24. The first-order valence-electron chi connectivity index (χ1n) is 7.55. The summed E-state index contributed by atoms with van der Waals surface area (Å²) in [6.07, 6.45) is 6.67. The molecular formula is C15H16N4O4. The number of nitrogens with zero attached hydrogens (tertiary/aromatic N) is 3. The number of nitro benzene ring substituents is 2. The fourth-order valence-electron chi connectivity index (χ4n) is 3.10. The average molecular weight is 316 g/mol. The molecule has 0 aliphatic heterocycles. The number of hydrogen-bond donors (Lipinski definition) is 1. The van der Waals surface area contributed by atoms with Gasteiger partial charge in [-0.25, -0.2) is 0 Å². The molecule has 1 aliphatic carbocycles. The molecule has 0 atom stereocenters. The third-order valence-electron chi connectivity index (χ3n) is 4.20. The maximum absolute atomic E-state index is 11.4. The number of hydrogen-bond acceptors (Lipinski definition) is 6. The molecule has 0 amide bonds. The van der Waals surface area contributed by atoms with E-state index < -0.39 is 9.85 Å². The van der Waals surface area contributed by atoms with Crippen molar-refractivity contribution in [3.05, 3.63) is 44.6 Å². The topological polar surface area (TPSA) is 111 Å². The van der Waals surface area contributed by atoms with Gasteiger partial charge in [-0.15, -0.1) is 0 Å². The first-order chi connectivity index (χ1) is 11.1. The van der Waals surface area contributed by atoms with Gasteiger partial charge in [-0.2, -0.15) is 0 Å². The van der Waals surface area contributed by atoms with Crippen LogP contribution < -0.4 is 5.32 Å². The predicted molar refractivity (Wildman–Crippen MR) is 85.5 cm³/mol. The van der Waals surface area contributed by atoms with Crippen LogP contribution in [-0.2, 0) is 0 Å². The molecule has 23 heavy (non-hydrogen) atoms. The lowest BCUT2D eigenvalue weighted by molar-refractivity contribution is -0.392. The van der Waals surface area contributed by atoms with Gasteiger partial charge in [0.05, 0.1) is 21.3 Å². The molecule has 1 aliphatic rings. The Morgan fingerprint density at radius 2 is 1.78 bits per heavy atom. The molecule has 120 valence electrons. The maximum atomic E-state index is 11.4. The number of nitro groups is 2. The Kier molecular flexibility index (Phi) is 4.05. The summed E-state index contributed by atoms with van der Waals surface area (Å²) >= 11 is 0. The van der Waals surface area contributed by atoms with Gasteiger partial charge in [0.1, 0.15) is 11.2 Å². The average Bonchev–Trinajstić information content (AvgIpc) is 2.55. The Hall–Kier alpha value is -2.77. The molecule has 0 spiro atoms. The van der Waals surface area contributed by atoms with Crippen LogP contribution in [0.3, 0.4) is 0 Å². The third-order valence-corrected chi connectivity index (χ3v) is 4.20. The van der Waals surface area contributed by atoms with Crippen molar-refractivity contribution < 1.29 is 9.85 Å². The summed E-state index contributed by atoms with van der Waals surface area (Å²) in [5.41, 5.74) is -0.0375. The van der Waals surface area contributed by atoms with Gasteiger partial charge >= 0.3 is 5.69 Å². The first-order valence-corrected chi connectivity index (χ1v) is 7.55. The fraction of sp³-hybridized carbons (Fsp3) is 0.400. The van der Waals surface area contributed by atoms with E-state index in [9.17, 15) is 20.2 Å². The molecule has 8 heteroatoms. The van der Waals surface area contributed by atoms with E-state index in [1.54, 1.807) is 12.1 Å². The predicted octanol–water partition coefficient (Wildman–Crippen LogP) is 3.80. The van der Waals surface area contributed by atoms with Crippen LogP contribution in [0.1, 0.15) is 32.1 Å². The SMILES string of the molecule is O=[N+]([O-])c1cc([N+](=O)[O-])c2cccnc2c1NC1CCCCC1. The third kappa shape index (κ3) is 2.92. The summed E-state index contributed by atoms with van der Waals surface area (Å²) in [4.78, 5) is 25.6. The van der Waals surface area contributed by atoms with E-state index in [1.165, 1.54) is 12.6 Å². The first kappa shape index (κ1) is 15.1. The summed E-state index contributed by atoms with van der Waals surface area (Å²) in [6.45, 7) is 0. The molecule has 1 fully saturated rings. The van der Waals surface area contributed by atoms with Crippen molar-refractivity contribution >= 4 is 28.0 Å². The Morgan fingerprint density at radius 1 is 1.09 bits per heavy atom. The van der Waals surface area contributed by atoms with Gasteiger partial charge in [0, 0.05) is 12.2 Å². The number of anilines is 1. The Bertz CT molecular complexity index is 771. The van der Waals surface area contributed by atoms with Crippen molar-refractivity contribution in [2.75, 3.05) is 5.32 Å². The largest absolute Gasteiger partial charge is 0.375 e. The van der Waals surface area contributed by atoms with Gasteiger partial charge < -0.3 is 5.32 Å². The van der Waals surface area contributed by atoms with E-state index in [-0.39, 0.29) is 28.6 Å². The number of aromatic nitrogens is 1. The molecule has 2 aromatic rings. The minimum absolute atomic E-state index is 0.133. The number of fused-ring (bicyclic) bond motifs is 1. The van der Waals surface area contributed by atoms with E-state index in [0.29, 0.717) is 5.39 Å².